The van der Waals surface area contributed by atoms with Gasteiger partial charge in [0.2, 0.25) is 5.91 Å². The molecule has 1 fully saturated rings. The number of hydrogen-bond donors (Lipinski definition) is 2. The Morgan fingerprint density at radius 1 is 1.40 bits per heavy atom. The number of aromatic hydroxyl groups is 1. The lowest BCUT2D eigenvalue weighted by atomic mass is 10.1. The molecule has 2 rings (SSSR count). The molecular formula is C11H10FNO6S. The molecule has 1 aliphatic heterocycles. The van der Waals surface area contributed by atoms with Crippen LogP contribution < -0.4 is 4.90 Å². The third-order valence-electron chi connectivity index (χ3n) is 3.00. The van der Waals surface area contributed by atoms with E-state index in [4.69, 9.17) is 5.11 Å². The maximum Gasteiger partial charge on any atom is 0.335 e. The van der Waals surface area contributed by atoms with Crippen LogP contribution in [0.1, 0.15) is 16.8 Å². The lowest BCUT2D eigenvalue weighted by molar-refractivity contribution is -0.117. The lowest BCUT2D eigenvalue weighted by Gasteiger charge is -2.17. The van der Waals surface area contributed by atoms with Gasteiger partial charge in [0.15, 0.2) is 0 Å². The summed E-state index contributed by atoms with van der Waals surface area (Å²) in [4.78, 5) is 23.4. The standard InChI is InChI=1S/C11H10FNO6S/c12-20(18,19)7-4-10(15)13(5-7)8-3-6(11(16)17)1-2-9(8)14/h1-3,7,14H,4-5H2,(H,16,17). The number of amides is 1. The molecule has 0 bridgehead atoms. The molecule has 0 radical (unpaired) electrons. The topological polar surface area (TPSA) is 112 Å². The van der Waals surface area contributed by atoms with Gasteiger partial charge in [0.05, 0.1) is 11.3 Å². The molecule has 0 saturated carbocycles. The van der Waals surface area contributed by atoms with Crippen molar-refractivity contribution in [3.63, 3.8) is 0 Å². The van der Waals surface area contributed by atoms with Crippen molar-refractivity contribution >= 4 is 27.8 Å². The van der Waals surface area contributed by atoms with Crippen molar-refractivity contribution in [2.24, 2.45) is 0 Å². The minimum absolute atomic E-state index is 0.152. The Labute approximate surface area is 113 Å². The lowest BCUT2D eigenvalue weighted by Crippen LogP contribution is -2.27. The summed E-state index contributed by atoms with van der Waals surface area (Å²) in [6, 6.07) is 3.23. The van der Waals surface area contributed by atoms with Gasteiger partial charge in [0.1, 0.15) is 11.0 Å². The number of aromatic carboxylic acids is 1. The number of hydrogen-bond acceptors (Lipinski definition) is 5. The van der Waals surface area contributed by atoms with Gasteiger partial charge in [-0.3, -0.25) is 4.79 Å². The number of carbonyl (C=O) groups is 2. The molecule has 2 N–H and O–H groups in total. The van der Waals surface area contributed by atoms with Crippen LogP contribution in [0.4, 0.5) is 9.57 Å². The van der Waals surface area contributed by atoms with Crippen LogP contribution in [0.5, 0.6) is 5.75 Å². The van der Waals surface area contributed by atoms with Crippen molar-refractivity contribution in [2.75, 3.05) is 11.4 Å². The third kappa shape index (κ3) is 2.57. The molecule has 0 aliphatic carbocycles. The highest BCUT2D eigenvalue weighted by atomic mass is 32.3. The molecule has 1 saturated heterocycles. The zero-order valence-corrected chi connectivity index (χ0v) is 10.8. The van der Waals surface area contributed by atoms with Crippen LogP contribution in [0.25, 0.3) is 0 Å². The summed E-state index contributed by atoms with van der Waals surface area (Å²) in [6.45, 7) is -0.464. The molecular weight excluding hydrogens is 293 g/mol. The molecule has 1 atom stereocenters. The van der Waals surface area contributed by atoms with Crippen LogP contribution in [0.15, 0.2) is 18.2 Å². The molecule has 1 aromatic rings. The summed E-state index contributed by atoms with van der Waals surface area (Å²) in [7, 11) is -4.88. The summed E-state index contributed by atoms with van der Waals surface area (Å²) in [5, 5.41) is 17.0. The molecule has 1 heterocycles. The summed E-state index contributed by atoms with van der Waals surface area (Å²) < 4.78 is 34.5. The normalized spacial score (nSPS) is 19.4. The van der Waals surface area contributed by atoms with E-state index in [0.717, 1.165) is 23.1 Å². The van der Waals surface area contributed by atoms with Crippen molar-refractivity contribution in [2.45, 2.75) is 11.7 Å². The number of benzene rings is 1. The molecule has 7 nitrogen and oxygen atoms in total. The van der Waals surface area contributed by atoms with Gasteiger partial charge in [-0.05, 0) is 18.2 Å². The minimum atomic E-state index is -4.88. The van der Waals surface area contributed by atoms with Crippen LogP contribution in [-0.4, -0.2) is 42.3 Å². The molecule has 1 amide bonds. The van der Waals surface area contributed by atoms with Crippen LogP contribution in [-0.2, 0) is 15.0 Å². The average molecular weight is 303 g/mol. The third-order valence-corrected chi connectivity index (χ3v) is 4.11. The van der Waals surface area contributed by atoms with Gasteiger partial charge in [0.25, 0.3) is 0 Å². The first-order chi connectivity index (χ1) is 9.20. The molecule has 0 aromatic heterocycles. The maximum absolute atomic E-state index is 12.9. The van der Waals surface area contributed by atoms with E-state index in [1.165, 1.54) is 0 Å². The quantitative estimate of drug-likeness (QED) is 0.786. The first-order valence-corrected chi connectivity index (χ1v) is 6.95. The number of phenolic OH excluding ortho intramolecular Hbond substituents is 1. The molecule has 1 aliphatic rings. The van der Waals surface area contributed by atoms with E-state index in [2.05, 4.69) is 0 Å². The smallest absolute Gasteiger partial charge is 0.335 e. The molecule has 0 spiro atoms. The van der Waals surface area contributed by atoms with E-state index in [1.807, 2.05) is 0 Å². The highest BCUT2D eigenvalue weighted by Crippen LogP contribution is 2.33. The van der Waals surface area contributed by atoms with Crippen molar-refractivity contribution in [3.8, 4) is 5.75 Å². The Hall–Kier alpha value is -2.16. The fraction of sp³-hybridized carbons (Fsp3) is 0.273. The second-order valence-corrected chi connectivity index (χ2v) is 5.93. The Balaban J connectivity index is 2.40. The number of carbonyl (C=O) groups excluding carboxylic acids is 1. The number of carboxylic acids is 1. The second-order valence-electron chi connectivity index (χ2n) is 4.31. The Morgan fingerprint density at radius 3 is 2.55 bits per heavy atom. The van der Waals surface area contributed by atoms with Gasteiger partial charge in [0, 0.05) is 13.0 Å². The number of anilines is 1. The Kier molecular flexibility index (Phi) is 3.38. The summed E-state index contributed by atoms with van der Waals surface area (Å²) in [5.41, 5.74) is -0.335. The van der Waals surface area contributed by atoms with Crippen molar-refractivity contribution in [3.05, 3.63) is 23.8 Å². The van der Waals surface area contributed by atoms with E-state index in [-0.39, 0.29) is 17.0 Å². The van der Waals surface area contributed by atoms with Gasteiger partial charge in [-0.1, -0.05) is 0 Å². The molecule has 108 valence electrons. The summed E-state index contributed by atoms with van der Waals surface area (Å²) in [5.74, 6) is -2.36. The molecule has 1 unspecified atom stereocenters. The number of carboxylic acid groups (broad SMARTS) is 1. The fourth-order valence-corrected chi connectivity index (χ4v) is 2.64. The fourth-order valence-electron chi connectivity index (χ4n) is 1.97. The van der Waals surface area contributed by atoms with Crippen molar-refractivity contribution < 1.29 is 32.1 Å². The van der Waals surface area contributed by atoms with E-state index in [9.17, 15) is 27.0 Å². The number of halogens is 1. The van der Waals surface area contributed by atoms with Gasteiger partial charge >= 0.3 is 16.2 Å². The van der Waals surface area contributed by atoms with Gasteiger partial charge in [-0.25, -0.2) is 4.79 Å². The molecule has 9 heteroatoms. The minimum Gasteiger partial charge on any atom is -0.506 e. The predicted molar refractivity (Wildman–Crippen MR) is 65.9 cm³/mol. The van der Waals surface area contributed by atoms with E-state index < -0.39 is 40.3 Å². The van der Waals surface area contributed by atoms with Crippen molar-refractivity contribution in [1.82, 2.24) is 0 Å². The number of phenols is 1. The van der Waals surface area contributed by atoms with E-state index in [0.29, 0.717) is 0 Å². The monoisotopic (exact) mass is 303 g/mol. The highest BCUT2D eigenvalue weighted by Gasteiger charge is 2.40. The van der Waals surface area contributed by atoms with Gasteiger partial charge in [-0.2, -0.15) is 8.42 Å². The summed E-state index contributed by atoms with van der Waals surface area (Å²) >= 11 is 0. The van der Waals surface area contributed by atoms with Crippen LogP contribution in [0, 0.1) is 0 Å². The van der Waals surface area contributed by atoms with Gasteiger partial charge in [-0.15, -0.1) is 3.89 Å². The predicted octanol–water partition coefficient (Wildman–Crippen LogP) is 0.495. The maximum atomic E-state index is 12.9. The molecule has 1 aromatic carbocycles. The zero-order valence-electron chi connectivity index (χ0n) is 9.98. The Bertz CT molecular complexity index is 686. The Morgan fingerprint density at radius 2 is 2.05 bits per heavy atom. The summed E-state index contributed by atoms with van der Waals surface area (Å²) in [6.07, 6.45) is -0.546. The average Bonchev–Trinajstić information content (AvgIpc) is 2.71. The van der Waals surface area contributed by atoms with Crippen LogP contribution >= 0.6 is 0 Å². The first kappa shape index (κ1) is 14.3. The molecule has 20 heavy (non-hydrogen) atoms. The number of nitrogens with zero attached hydrogens (tertiary/aromatic N) is 1. The van der Waals surface area contributed by atoms with Crippen LogP contribution in [0.3, 0.4) is 0 Å². The van der Waals surface area contributed by atoms with E-state index >= 15 is 0 Å². The zero-order chi connectivity index (χ0) is 15.1. The van der Waals surface area contributed by atoms with Crippen LogP contribution in [0.2, 0.25) is 0 Å². The first-order valence-electron chi connectivity index (χ1n) is 5.50. The van der Waals surface area contributed by atoms with Crippen molar-refractivity contribution in [1.29, 1.82) is 0 Å². The largest absolute Gasteiger partial charge is 0.506 e. The van der Waals surface area contributed by atoms with E-state index in [1.54, 1.807) is 0 Å². The second kappa shape index (κ2) is 4.75. The number of rotatable bonds is 3. The van der Waals surface area contributed by atoms with Gasteiger partial charge < -0.3 is 15.1 Å². The SMILES string of the molecule is O=C(O)c1ccc(O)c(N2CC(S(=O)(=O)F)CC2=O)c1. The highest BCUT2D eigenvalue weighted by molar-refractivity contribution is 7.87.